The number of furan rings is 1. The van der Waals surface area contributed by atoms with Crippen molar-refractivity contribution in [3.05, 3.63) is 54.0 Å². The van der Waals surface area contributed by atoms with Crippen LogP contribution in [0.5, 0.6) is 0 Å². The van der Waals surface area contributed by atoms with E-state index in [1.165, 1.54) is 6.07 Å². The van der Waals surface area contributed by atoms with E-state index in [0.717, 1.165) is 6.07 Å². The monoisotopic (exact) mass is 309 g/mol. The third kappa shape index (κ3) is 4.05. The van der Waals surface area contributed by atoms with E-state index in [-0.39, 0.29) is 18.3 Å². The Hall–Kier alpha value is -2.41. The number of rotatable bonds is 5. The van der Waals surface area contributed by atoms with Gasteiger partial charge in [0.25, 0.3) is 0 Å². The Balaban J connectivity index is 1.94. The molecule has 0 aliphatic heterocycles. The van der Waals surface area contributed by atoms with Gasteiger partial charge in [-0.1, -0.05) is 0 Å². The smallest absolute Gasteiger partial charge is 0.319 e. The molecule has 0 fully saturated rings. The maximum atomic E-state index is 13.5. The summed E-state index contributed by atoms with van der Waals surface area (Å²) in [4.78, 5) is 13.7. The number of benzene rings is 1. The minimum atomic E-state index is -0.828. The molecule has 1 heterocycles. The first kappa shape index (κ1) is 16.0. The minimum absolute atomic E-state index is 0.0849. The number of nitrogens with one attached hydrogen (secondary N) is 2. The second-order valence-electron chi connectivity index (χ2n) is 4.95. The molecule has 0 saturated carbocycles. The Morgan fingerprint density at radius 2 is 2.09 bits per heavy atom. The Bertz CT molecular complexity index is 630. The van der Waals surface area contributed by atoms with Crippen molar-refractivity contribution in [3.8, 4) is 0 Å². The first-order valence-corrected chi connectivity index (χ1v) is 6.67. The van der Waals surface area contributed by atoms with Crippen LogP contribution in [-0.4, -0.2) is 31.6 Å². The molecule has 1 atom stereocenters. The molecule has 7 heteroatoms. The molecule has 0 bridgehead atoms. The molecule has 2 rings (SSSR count). The van der Waals surface area contributed by atoms with Crippen LogP contribution in [0.25, 0.3) is 0 Å². The molecular weight excluding hydrogens is 292 g/mol. The predicted octanol–water partition coefficient (Wildman–Crippen LogP) is 2.98. The van der Waals surface area contributed by atoms with Crippen LogP contribution in [0.1, 0.15) is 11.8 Å². The summed E-state index contributed by atoms with van der Waals surface area (Å²) in [7, 11) is 3.71. The van der Waals surface area contributed by atoms with Gasteiger partial charge in [0.1, 0.15) is 17.4 Å². The van der Waals surface area contributed by atoms with Crippen molar-refractivity contribution in [2.45, 2.75) is 6.04 Å². The van der Waals surface area contributed by atoms with Gasteiger partial charge >= 0.3 is 6.03 Å². The van der Waals surface area contributed by atoms with Gasteiger partial charge < -0.3 is 15.1 Å². The standard InChI is InChI=1S/C15H17F2N3O2/c1-20(2)13(14-4-3-7-22-14)9-18-15(21)19-12-6-5-10(16)8-11(12)17/h3-8,13H,9H2,1-2H3,(H2,18,19,21). The van der Waals surface area contributed by atoms with Crippen LogP contribution in [0, 0.1) is 11.6 Å². The number of urea groups is 1. The van der Waals surface area contributed by atoms with Crippen LogP contribution in [0.15, 0.2) is 41.0 Å². The fourth-order valence-corrected chi connectivity index (χ4v) is 1.97. The van der Waals surface area contributed by atoms with Gasteiger partial charge in [0.15, 0.2) is 0 Å². The Kier molecular flexibility index (Phi) is 5.11. The third-order valence-electron chi connectivity index (χ3n) is 3.13. The summed E-state index contributed by atoms with van der Waals surface area (Å²) in [5.74, 6) is -0.822. The van der Waals surface area contributed by atoms with Crippen molar-refractivity contribution in [2.24, 2.45) is 0 Å². The van der Waals surface area contributed by atoms with E-state index in [4.69, 9.17) is 4.42 Å². The largest absolute Gasteiger partial charge is 0.468 e. The topological polar surface area (TPSA) is 57.5 Å². The highest BCUT2D eigenvalue weighted by Crippen LogP contribution is 2.18. The molecule has 0 aliphatic rings. The number of carbonyl (C=O) groups is 1. The van der Waals surface area contributed by atoms with Crippen molar-refractivity contribution < 1.29 is 18.0 Å². The van der Waals surface area contributed by atoms with Crippen LogP contribution in [0.4, 0.5) is 19.3 Å². The molecule has 2 N–H and O–H groups in total. The molecule has 1 aromatic carbocycles. The molecule has 0 aliphatic carbocycles. The lowest BCUT2D eigenvalue weighted by Gasteiger charge is -2.22. The van der Waals surface area contributed by atoms with Gasteiger partial charge in [-0.05, 0) is 38.4 Å². The highest BCUT2D eigenvalue weighted by molar-refractivity contribution is 5.89. The second kappa shape index (κ2) is 7.04. The van der Waals surface area contributed by atoms with Crippen LogP contribution in [-0.2, 0) is 0 Å². The minimum Gasteiger partial charge on any atom is -0.468 e. The van der Waals surface area contributed by atoms with Gasteiger partial charge in [0.2, 0.25) is 0 Å². The van der Waals surface area contributed by atoms with Crippen LogP contribution >= 0.6 is 0 Å². The van der Waals surface area contributed by atoms with E-state index in [0.29, 0.717) is 11.8 Å². The lowest BCUT2D eigenvalue weighted by Crippen LogP contribution is -2.36. The number of amides is 2. The first-order valence-electron chi connectivity index (χ1n) is 6.67. The summed E-state index contributed by atoms with van der Waals surface area (Å²) >= 11 is 0. The first-order chi connectivity index (χ1) is 10.5. The van der Waals surface area contributed by atoms with Crippen molar-refractivity contribution >= 4 is 11.7 Å². The number of hydrogen-bond donors (Lipinski definition) is 2. The lowest BCUT2D eigenvalue weighted by atomic mass is 10.2. The zero-order chi connectivity index (χ0) is 16.1. The van der Waals surface area contributed by atoms with Crippen molar-refractivity contribution in [1.82, 2.24) is 10.2 Å². The van der Waals surface area contributed by atoms with E-state index in [2.05, 4.69) is 10.6 Å². The molecule has 5 nitrogen and oxygen atoms in total. The fourth-order valence-electron chi connectivity index (χ4n) is 1.97. The van der Waals surface area contributed by atoms with Gasteiger partial charge in [-0.2, -0.15) is 0 Å². The summed E-state index contributed by atoms with van der Waals surface area (Å²) in [6.45, 7) is 0.273. The maximum Gasteiger partial charge on any atom is 0.319 e. The van der Waals surface area contributed by atoms with Crippen molar-refractivity contribution in [3.63, 3.8) is 0 Å². The quantitative estimate of drug-likeness (QED) is 0.892. The Morgan fingerprint density at radius 3 is 2.68 bits per heavy atom. The maximum absolute atomic E-state index is 13.5. The van der Waals surface area contributed by atoms with Gasteiger partial charge in [0.05, 0.1) is 18.0 Å². The SMILES string of the molecule is CN(C)C(CNC(=O)Nc1ccc(F)cc1F)c1ccco1. The van der Waals surface area contributed by atoms with Crippen LogP contribution in [0.3, 0.4) is 0 Å². The van der Waals surface area contributed by atoms with E-state index < -0.39 is 17.7 Å². The highest BCUT2D eigenvalue weighted by Gasteiger charge is 2.18. The summed E-state index contributed by atoms with van der Waals surface area (Å²) in [5.41, 5.74) is -0.0849. The number of anilines is 1. The Morgan fingerprint density at radius 1 is 1.32 bits per heavy atom. The summed E-state index contributed by atoms with van der Waals surface area (Å²) in [6, 6.07) is 5.79. The van der Waals surface area contributed by atoms with Crippen LogP contribution < -0.4 is 10.6 Å². The van der Waals surface area contributed by atoms with Crippen molar-refractivity contribution in [2.75, 3.05) is 26.0 Å². The molecule has 0 saturated heterocycles. The molecule has 0 spiro atoms. The van der Waals surface area contributed by atoms with Gasteiger partial charge in [-0.3, -0.25) is 4.90 Å². The normalized spacial score (nSPS) is 12.2. The van der Waals surface area contributed by atoms with E-state index in [1.54, 1.807) is 12.3 Å². The van der Waals surface area contributed by atoms with Crippen LogP contribution in [0.2, 0.25) is 0 Å². The summed E-state index contributed by atoms with van der Waals surface area (Å²) < 4.78 is 31.6. The Labute approximate surface area is 126 Å². The van der Waals surface area contributed by atoms with Gasteiger partial charge in [-0.25, -0.2) is 13.6 Å². The van der Waals surface area contributed by atoms with E-state index in [1.807, 2.05) is 25.1 Å². The average Bonchev–Trinajstić information content (AvgIpc) is 2.96. The fraction of sp³-hybridized carbons (Fsp3) is 0.267. The molecule has 2 amide bonds. The predicted molar refractivity (Wildman–Crippen MR) is 78.5 cm³/mol. The molecule has 2 aromatic rings. The molecule has 1 aromatic heterocycles. The number of likely N-dealkylation sites (N-methyl/N-ethyl adjacent to an activating group) is 1. The van der Waals surface area contributed by atoms with Gasteiger partial charge in [0, 0.05) is 12.6 Å². The zero-order valence-corrected chi connectivity index (χ0v) is 12.3. The zero-order valence-electron chi connectivity index (χ0n) is 12.3. The van der Waals surface area contributed by atoms with Crippen molar-refractivity contribution in [1.29, 1.82) is 0 Å². The molecule has 1 unspecified atom stereocenters. The number of nitrogens with zero attached hydrogens (tertiary/aromatic N) is 1. The van der Waals surface area contributed by atoms with E-state index >= 15 is 0 Å². The summed E-state index contributed by atoms with van der Waals surface area (Å²) in [5, 5.41) is 4.97. The molecule has 118 valence electrons. The third-order valence-corrected chi connectivity index (χ3v) is 3.13. The number of halogens is 2. The molecule has 0 radical (unpaired) electrons. The number of carbonyl (C=O) groups excluding carboxylic acids is 1. The molecular formula is C15H17F2N3O2. The average molecular weight is 309 g/mol. The summed E-state index contributed by atoms with van der Waals surface area (Å²) in [6.07, 6.45) is 1.56. The van der Waals surface area contributed by atoms with E-state index in [9.17, 15) is 13.6 Å². The highest BCUT2D eigenvalue weighted by atomic mass is 19.1. The van der Waals surface area contributed by atoms with Gasteiger partial charge in [-0.15, -0.1) is 0 Å². The number of hydrogen-bond acceptors (Lipinski definition) is 3. The second-order valence-corrected chi connectivity index (χ2v) is 4.95. The molecule has 22 heavy (non-hydrogen) atoms. The lowest BCUT2D eigenvalue weighted by molar-refractivity contribution is 0.233.